The van der Waals surface area contributed by atoms with Crippen molar-refractivity contribution in [3.8, 4) is 11.1 Å². The number of hydrogen-bond acceptors (Lipinski definition) is 2. The van der Waals surface area contributed by atoms with Crippen molar-refractivity contribution in [2.24, 2.45) is 5.73 Å². The van der Waals surface area contributed by atoms with Gasteiger partial charge in [0.1, 0.15) is 0 Å². The lowest BCUT2D eigenvalue weighted by Crippen LogP contribution is -2.32. The van der Waals surface area contributed by atoms with Crippen LogP contribution in [0.25, 0.3) is 11.1 Å². The van der Waals surface area contributed by atoms with E-state index in [1.54, 1.807) is 0 Å². The molecule has 1 aliphatic rings. The summed E-state index contributed by atoms with van der Waals surface area (Å²) in [5.74, 6) is 0. The van der Waals surface area contributed by atoms with Crippen LogP contribution in [0.1, 0.15) is 52.0 Å². The molecule has 3 rings (SSSR count). The number of rotatable bonds is 3. The summed E-state index contributed by atoms with van der Waals surface area (Å²) in [4.78, 5) is 0. The fraction of sp³-hybridized carbons (Fsp3) is 0.455. The van der Waals surface area contributed by atoms with Gasteiger partial charge in [-0.2, -0.15) is 0 Å². The monoisotopic (exact) mass is 322 g/mol. The van der Waals surface area contributed by atoms with Crippen LogP contribution in [0.2, 0.25) is 0 Å². The first-order valence-electron chi connectivity index (χ1n) is 9.15. The van der Waals surface area contributed by atoms with Gasteiger partial charge in [0.2, 0.25) is 0 Å². The van der Waals surface area contributed by atoms with Crippen molar-refractivity contribution in [3.05, 3.63) is 54.1 Å². The summed E-state index contributed by atoms with van der Waals surface area (Å²) in [6, 6.07) is 18.7. The highest BCUT2D eigenvalue weighted by Crippen LogP contribution is 2.27. The Hall–Kier alpha value is -1.80. The molecule has 0 radical (unpaired) electrons. The van der Waals surface area contributed by atoms with Crippen LogP contribution >= 0.6 is 0 Å². The van der Waals surface area contributed by atoms with E-state index in [-0.39, 0.29) is 5.41 Å². The molecule has 0 aromatic heterocycles. The summed E-state index contributed by atoms with van der Waals surface area (Å²) in [5.41, 5.74) is 11.3. The van der Waals surface area contributed by atoms with Gasteiger partial charge in [-0.05, 0) is 59.9 Å². The number of hydrogen-bond donors (Lipinski definition) is 2. The van der Waals surface area contributed by atoms with Crippen LogP contribution in [0.15, 0.2) is 48.5 Å². The molecule has 2 aromatic carbocycles. The van der Waals surface area contributed by atoms with Gasteiger partial charge in [0.05, 0.1) is 0 Å². The van der Waals surface area contributed by atoms with Crippen LogP contribution in [-0.4, -0.2) is 12.1 Å². The van der Waals surface area contributed by atoms with E-state index in [9.17, 15) is 0 Å². The van der Waals surface area contributed by atoms with E-state index in [4.69, 9.17) is 5.73 Å². The first kappa shape index (κ1) is 17.0. The molecule has 0 aliphatic heterocycles. The zero-order valence-electron chi connectivity index (χ0n) is 15.2. The van der Waals surface area contributed by atoms with Crippen molar-refractivity contribution in [1.29, 1.82) is 0 Å². The zero-order valence-corrected chi connectivity index (χ0v) is 15.2. The molecule has 0 bridgehead atoms. The van der Waals surface area contributed by atoms with E-state index in [2.05, 4.69) is 74.6 Å². The molecule has 0 amide bonds. The molecule has 0 unspecified atom stereocenters. The van der Waals surface area contributed by atoms with Crippen molar-refractivity contribution >= 4 is 5.69 Å². The standard InChI is InChI=1S/C22H30N2/c1-22(2,3)18-8-4-16(5-9-18)17-6-12-20(13-7-17)24-21-14-10-19(23)11-15-21/h4-9,12-13,19,21,24H,10-11,14-15,23H2,1-3H3. The van der Waals surface area contributed by atoms with E-state index < -0.39 is 0 Å². The minimum Gasteiger partial charge on any atom is -0.382 e. The molecular weight excluding hydrogens is 292 g/mol. The highest BCUT2D eigenvalue weighted by atomic mass is 14.9. The van der Waals surface area contributed by atoms with Crippen molar-refractivity contribution in [2.45, 2.75) is 64.0 Å². The Bertz CT molecular complexity index is 642. The molecule has 128 valence electrons. The van der Waals surface area contributed by atoms with E-state index in [1.807, 2.05) is 0 Å². The second kappa shape index (κ2) is 6.98. The van der Waals surface area contributed by atoms with Crippen molar-refractivity contribution in [2.75, 3.05) is 5.32 Å². The molecule has 24 heavy (non-hydrogen) atoms. The predicted octanol–water partition coefficient (Wildman–Crippen LogP) is 5.33. The molecule has 0 spiro atoms. The summed E-state index contributed by atoms with van der Waals surface area (Å²) in [5, 5.41) is 3.65. The smallest absolute Gasteiger partial charge is 0.0342 e. The van der Waals surface area contributed by atoms with Gasteiger partial charge < -0.3 is 11.1 Å². The molecule has 2 nitrogen and oxygen atoms in total. The minimum atomic E-state index is 0.203. The second-order valence-electron chi connectivity index (χ2n) is 8.16. The fourth-order valence-corrected chi connectivity index (χ4v) is 3.42. The maximum absolute atomic E-state index is 5.98. The third-order valence-corrected chi connectivity index (χ3v) is 5.11. The van der Waals surface area contributed by atoms with Gasteiger partial charge in [-0.3, -0.25) is 0 Å². The quantitative estimate of drug-likeness (QED) is 0.801. The van der Waals surface area contributed by atoms with Gasteiger partial charge in [-0.15, -0.1) is 0 Å². The molecular formula is C22H30N2. The third kappa shape index (κ3) is 4.18. The third-order valence-electron chi connectivity index (χ3n) is 5.11. The SMILES string of the molecule is CC(C)(C)c1ccc(-c2ccc(NC3CCC(N)CC3)cc2)cc1. The topological polar surface area (TPSA) is 38.0 Å². The lowest BCUT2D eigenvalue weighted by molar-refractivity contribution is 0.411. The Balaban J connectivity index is 1.66. The zero-order chi connectivity index (χ0) is 17.2. The molecule has 3 N–H and O–H groups in total. The molecule has 1 saturated carbocycles. The maximum Gasteiger partial charge on any atom is 0.0342 e. The Morgan fingerprint density at radius 1 is 0.792 bits per heavy atom. The van der Waals surface area contributed by atoms with Gasteiger partial charge in [0, 0.05) is 17.8 Å². The van der Waals surface area contributed by atoms with Gasteiger partial charge in [-0.1, -0.05) is 57.2 Å². The average molecular weight is 322 g/mol. The Kier molecular flexibility index (Phi) is 4.96. The van der Waals surface area contributed by atoms with Crippen LogP contribution in [0.4, 0.5) is 5.69 Å². The van der Waals surface area contributed by atoms with Crippen LogP contribution < -0.4 is 11.1 Å². The Morgan fingerprint density at radius 3 is 1.79 bits per heavy atom. The normalized spacial score (nSPS) is 21.5. The Labute approximate surface area is 146 Å². The summed E-state index contributed by atoms with van der Waals surface area (Å²) < 4.78 is 0. The number of benzene rings is 2. The molecule has 2 heteroatoms. The van der Waals surface area contributed by atoms with Crippen LogP contribution in [0.3, 0.4) is 0 Å². The van der Waals surface area contributed by atoms with Gasteiger partial charge in [0.15, 0.2) is 0 Å². The number of nitrogens with two attached hydrogens (primary N) is 1. The van der Waals surface area contributed by atoms with E-state index in [0.29, 0.717) is 12.1 Å². The van der Waals surface area contributed by atoms with Crippen molar-refractivity contribution < 1.29 is 0 Å². The first-order valence-corrected chi connectivity index (χ1v) is 9.15. The second-order valence-corrected chi connectivity index (χ2v) is 8.16. The van der Waals surface area contributed by atoms with Gasteiger partial charge in [0.25, 0.3) is 0 Å². The van der Waals surface area contributed by atoms with Crippen LogP contribution in [-0.2, 0) is 5.41 Å². The highest BCUT2D eigenvalue weighted by Gasteiger charge is 2.18. The summed E-state index contributed by atoms with van der Waals surface area (Å²) in [6.07, 6.45) is 4.63. The number of anilines is 1. The lowest BCUT2D eigenvalue weighted by Gasteiger charge is -2.27. The van der Waals surface area contributed by atoms with E-state index in [0.717, 1.165) is 12.8 Å². The molecule has 1 aliphatic carbocycles. The van der Waals surface area contributed by atoms with Gasteiger partial charge >= 0.3 is 0 Å². The molecule has 2 aromatic rings. The molecule has 0 saturated heterocycles. The molecule has 0 atom stereocenters. The predicted molar refractivity (Wildman–Crippen MR) is 104 cm³/mol. The largest absolute Gasteiger partial charge is 0.382 e. The number of nitrogens with one attached hydrogen (secondary N) is 1. The van der Waals surface area contributed by atoms with Gasteiger partial charge in [-0.25, -0.2) is 0 Å². The van der Waals surface area contributed by atoms with Crippen LogP contribution in [0.5, 0.6) is 0 Å². The summed E-state index contributed by atoms with van der Waals surface area (Å²) in [6.45, 7) is 6.75. The molecule has 0 heterocycles. The van der Waals surface area contributed by atoms with Crippen molar-refractivity contribution in [3.63, 3.8) is 0 Å². The summed E-state index contributed by atoms with van der Waals surface area (Å²) in [7, 11) is 0. The fourth-order valence-electron chi connectivity index (χ4n) is 3.42. The minimum absolute atomic E-state index is 0.203. The highest BCUT2D eigenvalue weighted by molar-refractivity contribution is 5.66. The summed E-state index contributed by atoms with van der Waals surface area (Å²) >= 11 is 0. The van der Waals surface area contributed by atoms with Crippen molar-refractivity contribution in [1.82, 2.24) is 0 Å². The Morgan fingerprint density at radius 2 is 1.29 bits per heavy atom. The van der Waals surface area contributed by atoms with Crippen LogP contribution in [0, 0.1) is 0 Å². The van der Waals surface area contributed by atoms with E-state index in [1.165, 1.54) is 35.2 Å². The first-order chi connectivity index (χ1) is 11.4. The lowest BCUT2D eigenvalue weighted by atomic mass is 9.86. The molecule has 1 fully saturated rings. The average Bonchev–Trinajstić information content (AvgIpc) is 2.57. The maximum atomic E-state index is 5.98. The van der Waals surface area contributed by atoms with E-state index >= 15 is 0 Å².